The summed E-state index contributed by atoms with van der Waals surface area (Å²) < 4.78 is 0. The Bertz CT molecular complexity index is 92.0. The fourth-order valence-electron chi connectivity index (χ4n) is 1.68. The number of rotatable bonds is 6. The van der Waals surface area contributed by atoms with Crippen molar-refractivity contribution in [2.75, 3.05) is 27.7 Å². The fraction of sp³-hybridized carbons (Fsp3) is 1.00. The van der Waals surface area contributed by atoms with E-state index in [1.54, 1.807) is 0 Å². The molecule has 74 valence electrons. The highest BCUT2D eigenvalue weighted by atomic mass is 15.1. The van der Waals surface area contributed by atoms with Crippen molar-refractivity contribution >= 4 is 0 Å². The molecule has 1 atom stereocenters. The summed E-state index contributed by atoms with van der Waals surface area (Å²) in [6.45, 7) is 5.73. The Labute approximate surface area is 77.3 Å². The van der Waals surface area contributed by atoms with E-state index < -0.39 is 0 Å². The first kappa shape index (κ1) is 11.9. The molecule has 0 aliphatic heterocycles. The second kappa shape index (κ2) is 6.44. The van der Waals surface area contributed by atoms with E-state index in [0.29, 0.717) is 0 Å². The first-order valence-electron chi connectivity index (χ1n) is 4.90. The number of hydrogen-bond acceptors (Lipinski definition) is 2. The van der Waals surface area contributed by atoms with E-state index in [2.05, 4.69) is 38.2 Å². The van der Waals surface area contributed by atoms with E-state index in [1.807, 2.05) is 7.05 Å². The summed E-state index contributed by atoms with van der Waals surface area (Å²) in [4.78, 5) is 2.33. The molecule has 0 saturated carbocycles. The summed E-state index contributed by atoms with van der Waals surface area (Å²) in [5.41, 5.74) is 0. The van der Waals surface area contributed by atoms with Gasteiger partial charge < -0.3 is 10.2 Å². The van der Waals surface area contributed by atoms with Crippen molar-refractivity contribution in [3.63, 3.8) is 0 Å². The molecular weight excluding hydrogens is 148 g/mol. The van der Waals surface area contributed by atoms with Crippen LogP contribution in [0.5, 0.6) is 0 Å². The van der Waals surface area contributed by atoms with Crippen molar-refractivity contribution < 1.29 is 0 Å². The van der Waals surface area contributed by atoms with E-state index in [0.717, 1.165) is 18.5 Å². The van der Waals surface area contributed by atoms with Crippen molar-refractivity contribution in [1.82, 2.24) is 10.2 Å². The summed E-state index contributed by atoms with van der Waals surface area (Å²) >= 11 is 0. The fourth-order valence-corrected chi connectivity index (χ4v) is 1.68. The smallest absolute Gasteiger partial charge is 0.0113 e. The molecule has 0 aliphatic carbocycles. The summed E-state index contributed by atoms with van der Waals surface area (Å²) in [6.07, 6.45) is 2.57. The van der Waals surface area contributed by atoms with Crippen LogP contribution < -0.4 is 5.32 Å². The van der Waals surface area contributed by atoms with Gasteiger partial charge in [-0.2, -0.15) is 0 Å². The predicted octanol–water partition coefficient (Wildman–Crippen LogP) is 1.57. The van der Waals surface area contributed by atoms with Gasteiger partial charge in [0.2, 0.25) is 0 Å². The third kappa shape index (κ3) is 4.73. The van der Waals surface area contributed by atoms with Gasteiger partial charge in [0.15, 0.2) is 0 Å². The minimum absolute atomic E-state index is 0.735. The van der Waals surface area contributed by atoms with Crippen molar-refractivity contribution in [3.8, 4) is 0 Å². The van der Waals surface area contributed by atoms with Gasteiger partial charge in [-0.3, -0.25) is 0 Å². The standard InChI is InChI=1S/C10H24N2/c1-9(2)10(12(4)5)7-6-8-11-3/h9-11H,6-8H2,1-5H3. The molecule has 0 aromatic carbocycles. The van der Waals surface area contributed by atoms with Crippen LogP contribution >= 0.6 is 0 Å². The minimum Gasteiger partial charge on any atom is -0.320 e. The van der Waals surface area contributed by atoms with Gasteiger partial charge in [-0.05, 0) is 46.4 Å². The highest BCUT2D eigenvalue weighted by Gasteiger charge is 2.14. The van der Waals surface area contributed by atoms with Crippen LogP contribution in [0, 0.1) is 5.92 Å². The maximum Gasteiger partial charge on any atom is 0.0113 e. The molecule has 0 fully saturated rings. The molecule has 2 heteroatoms. The quantitative estimate of drug-likeness (QED) is 0.612. The molecular formula is C10H24N2. The Morgan fingerprint density at radius 2 is 1.83 bits per heavy atom. The maximum absolute atomic E-state index is 3.18. The molecule has 1 unspecified atom stereocenters. The van der Waals surface area contributed by atoms with Crippen LogP contribution in [0.4, 0.5) is 0 Å². The lowest BCUT2D eigenvalue weighted by Gasteiger charge is -2.27. The Kier molecular flexibility index (Phi) is 6.39. The van der Waals surface area contributed by atoms with Crippen molar-refractivity contribution in [2.45, 2.75) is 32.7 Å². The average molecular weight is 172 g/mol. The number of hydrogen-bond donors (Lipinski definition) is 1. The zero-order chi connectivity index (χ0) is 9.56. The van der Waals surface area contributed by atoms with E-state index in [4.69, 9.17) is 0 Å². The number of nitrogens with one attached hydrogen (secondary N) is 1. The van der Waals surface area contributed by atoms with E-state index in [9.17, 15) is 0 Å². The van der Waals surface area contributed by atoms with Crippen LogP contribution in [0.3, 0.4) is 0 Å². The first-order valence-corrected chi connectivity index (χ1v) is 4.90. The van der Waals surface area contributed by atoms with Gasteiger partial charge in [-0.15, -0.1) is 0 Å². The lowest BCUT2D eigenvalue weighted by molar-refractivity contribution is 0.215. The monoisotopic (exact) mass is 172 g/mol. The highest BCUT2D eigenvalue weighted by molar-refractivity contribution is 4.69. The Morgan fingerprint density at radius 3 is 2.17 bits per heavy atom. The molecule has 0 aliphatic rings. The van der Waals surface area contributed by atoms with Crippen LogP contribution in [0.15, 0.2) is 0 Å². The normalized spacial score (nSPS) is 14.2. The second-order valence-corrected chi connectivity index (χ2v) is 4.02. The molecule has 1 N–H and O–H groups in total. The SMILES string of the molecule is CNCCCC(C(C)C)N(C)C. The third-order valence-electron chi connectivity index (χ3n) is 2.36. The molecule has 0 rings (SSSR count). The van der Waals surface area contributed by atoms with Crippen molar-refractivity contribution in [2.24, 2.45) is 5.92 Å². The summed E-state index contributed by atoms with van der Waals surface area (Å²) in [5, 5.41) is 3.18. The second-order valence-electron chi connectivity index (χ2n) is 4.02. The summed E-state index contributed by atoms with van der Waals surface area (Å²) in [7, 11) is 6.36. The van der Waals surface area contributed by atoms with Crippen molar-refractivity contribution in [3.05, 3.63) is 0 Å². The van der Waals surface area contributed by atoms with Crippen molar-refractivity contribution in [1.29, 1.82) is 0 Å². The van der Waals surface area contributed by atoms with Crippen LogP contribution in [0.2, 0.25) is 0 Å². The molecule has 0 saturated heterocycles. The van der Waals surface area contributed by atoms with Gasteiger partial charge in [0, 0.05) is 6.04 Å². The van der Waals surface area contributed by atoms with Gasteiger partial charge in [0.25, 0.3) is 0 Å². The van der Waals surface area contributed by atoms with E-state index >= 15 is 0 Å². The molecule has 0 bridgehead atoms. The van der Waals surface area contributed by atoms with E-state index in [1.165, 1.54) is 12.8 Å². The molecule has 0 radical (unpaired) electrons. The minimum atomic E-state index is 0.735. The Morgan fingerprint density at radius 1 is 1.25 bits per heavy atom. The Hall–Kier alpha value is -0.0800. The van der Waals surface area contributed by atoms with Gasteiger partial charge in [-0.25, -0.2) is 0 Å². The summed E-state index contributed by atoms with van der Waals surface area (Å²) in [5.74, 6) is 0.761. The van der Waals surface area contributed by atoms with E-state index in [-0.39, 0.29) is 0 Å². The molecule has 2 nitrogen and oxygen atoms in total. The van der Waals surface area contributed by atoms with Gasteiger partial charge in [0.05, 0.1) is 0 Å². The maximum atomic E-state index is 3.18. The van der Waals surface area contributed by atoms with Crippen LogP contribution in [-0.4, -0.2) is 38.6 Å². The molecule has 0 aromatic rings. The molecule has 0 aromatic heterocycles. The molecule has 0 heterocycles. The van der Waals surface area contributed by atoms with Crippen LogP contribution in [0.25, 0.3) is 0 Å². The number of nitrogens with zero attached hydrogens (tertiary/aromatic N) is 1. The van der Waals surface area contributed by atoms with Gasteiger partial charge >= 0.3 is 0 Å². The lowest BCUT2D eigenvalue weighted by Crippen LogP contribution is -2.33. The predicted molar refractivity (Wildman–Crippen MR) is 55.5 cm³/mol. The molecule has 12 heavy (non-hydrogen) atoms. The molecule has 0 amide bonds. The van der Waals surface area contributed by atoms with Gasteiger partial charge in [-0.1, -0.05) is 13.8 Å². The highest BCUT2D eigenvalue weighted by Crippen LogP contribution is 2.12. The van der Waals surface area contributed by atoms with Crippen LogP contribution in [0.1, 0.15) is 26.7 Å². The van der Waals surface area contributed by atoms with Crippen LogP contribution in [-0.2, 0) is 0 Å². The largest absolute Gasteiger partial charge is 0.320 e. The average Bonchev–Trinajstić information content (AvgIpc) is 1.96. The lowest BCUT2D eigenvalue weighted by atomic mass is 9.98. The Balaban J connectivity index is 3.64. The zero-order valence-electron chi connectivity index (χ0n) is 9.22. The topological polar surface area (TPSA) is 15.3 Å². The van der Waals surface area contributed by atoms with Gasteiger partial charge in [0.1, 0.15) is 0 Å². The first-order chi connectivity index (χ1) is 5.59. The zero-order valence-corrected chi connectivity index (χ0v) is 9.22. The third-order valence-corrected chi connectivity index (χ3v) is 2.36. The molecule has 0 spiro atoms. The summed E-state index contributed by atoms with van der Waals surface area (Å²) in [6, 6.07) is 0.735.